The molecule has 0 aliphatic heterocycles. The molecule has 1 heterocycles. The van der Waals surface area contributed by atoms with Gasteiger partial charge in [0.15, 0.2) is 0 Å². The quantitative estimate of drug-likeness (QED) is 0.823. The SMILES string of the molecule is NCC(C(=O)O)c1cccc2scnc12. The fourth-order valence-corrected chi connectivity index (χ4v) is 2.26. The van der Waals surface area contributed by atoms with Gasteiger partial charge in [-0.05, 0) is 11.6 Å². The lowest BCUT2D eigenvalue weighted by Gasteiger charge is -2.10. The maximum atomic E-state index is 11.0. The van der Waals surface area contributed by atoms with E-state index in [9.17, 15) is 4.79 Å². The molecule has 0 amide bonds. The van der Waals surface area contributed by atoms with Crippen molar-refractivity contribution in [1.29, 1.82) is 0 Å². The summed E-state index contributed by atoms with van der Waals surface area (Å²) in [5.74, 6) is -1.58. The van der Waals surface area contributed by atoms with Crippen molar-refractivity contribution < 1.29 is 9.90 Å². The number of benzene rings is 1. The number of carboxylic acids is 1. The zero-order valence-electron chi connectivity index (χ0n) is 7.88. The Bertz CT molecular complexity index is 495. The van der Waals surface area contributed by atoms with Crippen LogP contribution in [0.4, 0.5) is 0 Å². The minimum Gasteiger partial charge on any atom is -0.481 e. The maximum absolute atomic E-state index is 11.0. The molecule has 0 aliphatic rings. The van der Waals surface area contributed by atoms with Gasteiger partial charge >= 0.3 is 5.97 Å². The van der Waals surface area contributed by atoms with Crippen LogP contribution in [0.2, 0.25) is 0 Å². The highest BCUT2D eigenvalue weighted by molar-refractivity contribution is 7.16. The molecule has 0 aliphatic carbocycles. The third kappa shape index (κ3) is 1.71. The van der Waals surface area contributed by atoms with E-state index in [-0.39, 0.29) is 6.54 Å². The van der Waals surface area contributed by atoms with E-state index < -0.39 is 11.9 Å². The number of thiazole rings is 1. The lowest BCUT2D eigenvalue weighted by Crippen LogP contribution is -2.21. The smallest absolute Gasteiger partial charge is 0.312 e. The summed E-state index contributed by atoms with van der Waals surface area (Å²) in [5, 5.41) is 9.02. The van der Waals surface area contributed by atoms with Gasteiger partial charge in [-0.15, -0.1) is 11.3 Å². The summed E-state index contributed by atoms with van der Waals surface area (Å²) in [6, 6.07) is 5.53. The first-order chi connectivity index (χ1) is 7.24. The summed E-state index contributed by atoms with van der Waals surface area (Å²) in [6.45, 7) is 0.0893. The molecule has 0 radical (unpaired) electrons. The summed E-state index contributed by atoms with van der Waals surface area (Å²) in [7, 11) is 0. The summed E-state index contributed by atoms with van der Waals surface area (Å²) in [4.78, 5) is 15.2. The van der Waals surface area contributed by atoms with Crippen LogP contribution in [0.5, 0.6) is 0 Å². The summed E-state index contributed by atoms with van der Waals surface area (Å²) >= 11 is 1.50. The number of nitrogens with zero attached hydrogens (tertiary/aromatic N) is 1. The molecule has 2 aromatic rings. The highest BCUT2D eigenvalue weighted by Crippen LogP contribution is 2.26. The Kier molecular flexibility index (Phi) is 2.66. The molecule has 0 spiro atoms. The second-order valence-electron chi connectivity index (χ2n) is 3.17. The van der Waals surface area contributed by atoms with Crippen LogP contribution in [0.25, 0.3) is 10.2 Å². The lowest BCUT2D eigenvalue weighted by atomic mass is 9.98. The van der Waals surface area contributed by atoms with Gasteiger partial charge in [0.05, 0.1) is 21.6 Å². The van der Waals surface area contributed by atoms with E-state index in [0.717, 1.165) is 10.2 Å². The van der Waals surface area contributed by atoms with Crippen LogP contribution in [0.15, 0.2) is 23.7 Å². The monoisotopic (exact) mass is 222 g/mol. The Morgan fingerprint density at radius 3 is 3.07 bits per heavy atom. The largest absolute Gasteiger partial charge is 0.481 e. The number of carbonyl (C=O) groups is 1. The predicted molar refractivity (Wildman–Crippen MR) is 59.1 cm³/mol. The summed E-state index contributed by atoms with van der Waals surface area (Å²) in [6.07, 6.45) is 0. The van der Waals surface area contributed by atoms with Crippen LogP contribution < -0.4 is 5.73 Å². The van der Waals surface area contributed by atoms with Crippen molar-refractivity contribution in [2.75, 3.05) is 6.54 Å². The summed E-state index contributed by atoms with van der Waals surface area (Å²) in [5.41, 5.74) is 8.62. The first-order valence-corrected chi connectivity index (χ1v) is 5.37. The highest BCUT2D eigenvalue weighted by Gasteiger charge is 2.20. The van der Waals surface area contributed by atoms with E-state index >= 15 is 0 Å². The van der Waals surface area contributed by atoms with Crippen molar-refractivity contribution in [3.05, 3.63) is 29.3 Å². The third-order valence-corrected chi connectivity index (χ3v) is 3.10. The maximum Gasteiger partial charge on any atom is 0.312 e. The van der Waals surface area contributed by atoms with Gasteiger partial charge < -0.3 is 10.8 Å². The van der Waals surface area contributed by atoms with Crippen LogP contribution in [0, 0.1) is 0 Å². The number of hydrogen-bond donors (Lipinski definition) is 2. The average Bonchev–Trinajstić information content (AvgIpc) is 2.66. The Hall–Kier alpha value is -1.46. The number of aromatic nitrogens is 1. The van der Waals surface area contributed by atoms with Crippen LogP contribution in [0.1, 0.15) is 11.5 Å². The molecule has 1 aromatic carbocycles. The Balaban J connectivity index is 2.59. The molecular formula is C10H10N2O2S. The van der Waals surface area contributed by atoms with E-state index in [2.05, 4.69) is 4.98 Å². The van der Waals surface area contributed by atoms with Crippen LogP contribution >= 0.6 is 11.3 Å². The Morgan fingerprint density at radius 1 is 1.60 bits per heavy atom. The number of aliphatic carboxylic acids is 1. The Morgan fingerprint density at radius 2 is 2.40 bits per heavy atom. The van der Waals surface area contributed by atoms with Crippen molar-refractivity contribution in [1.82, 2.24) is 4.98 Å². The minimum atomic E-state index is -0.905. The molecule has 1 aromatic heterocycles. The van der Waals surface area contributed by atoms with E-state index in [1.165, 1.54) is 11.3 Å². The normalized spacial score (nSPS) is 12.9. The highest BCUT2D eigenvalue weighted by atomic mass is 32.1. The van der Waals surface area contributed by atoms with Crippen molar-refractivity contribution in [2.24, 2.45) is 5.73 Å². The molecule has 0 saturated heterocycles. The van der Waals surface area contributed by atoms with E-state index in [1.807, 2.05) is 12.1 Å². The first-order valence-electron chi connectivity index (χ1n) is 4.49. The molecule has 0 saturated carbocycles. The topological polar surface area (TPSA) is 76.2 Å². The molecule has 1 atom stereocenters. The third-order valence-electron chi connectivity index (χ3n) is 2.30. The molecule has 0 fully saturated rings. The molecule has 15 heavy (non-hydrogen) atoms. The van der Waals surface area contributed by atoms with E-state index in [1.54, 1.807) is 11.6 Å². The predicted octanol–water partition coefficient (Wildman–Crippen LogP) is 1.42. The zero-order valence-corrected chi connectivity index (χ0v) is 8.70. The molecule has 3 N–H and O–H groups in total. The Labute approximate surface area is 90.4 Å². The molecular weight excluding hydrogens is 212 g/mol. The van der Waals surface area contributed by atoms with Crippen LogP contribution in [0.3, 0.4) is 0 Å². The van der Waals surface area contributed by atoms with Gasteiger partial charge in [-0.25, -0.2) is 4.98 Å². The number of hydrogen-bond acceptors (Lipinski definition) is 4. The minimum absolute atomic E-state index is 0.0893. The number of para-hydroxylation sites is 1. The van der Waals surface area contributed by atoms with Gasteiger partial charge in [0.1, 0.15) is 0 Å². The van der Waals surface area contributed by atoms with Gasteiger partial charge in [-0.1, -0.05) is 12.1 Å². The van der Waals surface area contributed by atoms with Crippen molar-refractivity contribution in [3.8, 4) is 0 Å². The fraction of sp³-hybridized carbons (Fsp3) is 0.200. The standard InChI is InChI=1S/C10H10N2O2S/c11-4-7(10(13)14)6-2-1-3-8-9(6)12-5-15-8/h1-3,5,7H,4,11H2,(H,13,14). The van der Waals surface area contributed by atoms with Crippen molar-refractivity contribution >= 4 is 27.5 Å². The molecule has 1 unspecified atom stereocenters. The number of rotatable bonds is 3. The van der Waals surface area contributed by atoms with Gasteiger partial charge in [0.25, 0.3) is 0 Å². The number of fused-ring (bicyclic) bond motifs is 1. The number of nitrogens with two attached hydrogens (primary N) is 1. The van der Waals surface area contributed by atoms with E-state index in [0.29, 0.717) is 5.56 Å². The second-order valence-corrected chi connectivity index (χ2v) is 4.06. The average molecular weight is 222 g/mol. The molecule has 0 bridgehead atoms. The zero-order chi connectivity index (χ0) is 10.8. The first kappa shape index (κ1) is 10.1. The molecule has 2 rings (SSSR count). The van der Waals surface area contributed by atoms with Gasteiger partial charge in [0, 0.05) is 6.54 Å². The fourth-order valence-electron chi connectivity index (χ4n) is 1.55. The van der Waals surface area contributed by atoms with Gasteiger partial charge in [-0.2, -0.15) is 0 Å². The molecule has 78 valence electrons. The van der Waals surface area contributed by atoms with Crippen molar-refractivity contribution in [2.45, 2.75) is 5.92 Å². The van der Waals surface area contributed by atoms with Crippen LogP contribution in [-0.4, -0.2) is 22.6 Å². The number of carboxylic acid groups (broad SMARTS) is 1. The molecule has 5 heteroatoms. The van der Waals surface area contributed by atoms with Crippen molar-refractivity contribution in [3.63, 3.8) is 0 Å². The van der Waals surface area contributed by atoms with Gasteiger partial charge in [0.2, 0.25) is 0 Å². The van der Waals surface area contributed by atoms with E-state index in [4.69, 9.17) is 10.8 Å². The lowest BCUT2D eigenvalue weighted by molar-refractivity contribution is -0.138. The van der Waals surface area contributed by atoms with Gasteiger partial charge in [-0.3, -0.25) is 4.79 Å². The second kappa shape index (κ2) is 3.96. The summed E-state index contributed by atoms with van der Waals surface area (Å²) < 4.78 is 0.993. The van der Waals surface area contributed by atoms with Crippen LogP contribution in [-0.2, 0) is 4.79 Å². The molecule has 4 nitrogen and oxygen atoms in total.